The predicted octanol–water partition coefficient (Wildman–Crippen LogP) is -0.252. The summed E-state index contributed by atoms with van der Waals surface area (Å²) in [7, 11) is 2.75. The molecule has 3 amide bonds. The molecule has 34 heavy (non-hydrogen) atoms. The van der Waals surface area contributed by atoms with E-state index in [1.54, 1.807) is 13.8 Å². The zero-order valence-corrected chi connectivity index (χ0v) is 20.4. The number of methoxy groups -OCH3 is 2. The van der Waals surface area contributed by atoms with E-state index < -0.39 is 41.4 Å². The second-order valence-electron chi connectivity index (χ2n) is 8.90. The van der Waals surface area contributed by atoms with Gasteiger partial charge in [-0.1, -0.05) is 19.0 Å². The highest BCUT2D eigenvalue weighted by Crippen LogP contribution is 2.29. The van der Waals surface area contributed by atoms with Gasteiger partial charge < -0.3 is 34.7 Å². The molecule has 1 aromatic rings. The van der Waals surface area contributed by atoms with Crippen LogP contribution in [0.1, 0.15) is 43.4 Å². The molecule has 0 radical (unpaired) electrons. The van der Waals surface area contributed by atoms with Gasteiger partial charge >= 0.3 is 0 Å². The molecule has 1 aliphatic heterocycles. The van der Waals surface area contributed by atoms with Crippen molar-refractivity contribution in [2.75, 3.05) is 34.0 Å². The van der Waals surface area contributed by atoms with E-state index in [0.29, 0.717) is 18.7 Å². The molecule has 0 bridgehead atoms. The van der Waals surface area contributed by atoms with Gasteiger partial charge in [0.05, 0.1) is 31.6 Å². The van der Waals surface area contributed by atoms with Crippen LogP contribution in [0, 0.1) is 12.8 Å². The maximum atomic E-state index is 13.0. The van der Waals surface area contributed by atoms with E-state index in [1.807, 2.05) is 13.8 Å². The first kappa shape index (κ1) is 27.4. The lowest BCUT2D eigenvalue weighted by atomic mass is 9.93. The van der Waals surface area contributed by atoms with Crippen LogP contribution in [0.4, 0.5) is 0 Å². The van der Waals surface area contributed by atoms with Crippen LogP contribution in [0.2, 0.25) is 0 Å². The highest BCUT2D eigenvalue weighted by molar-refractivity contribution is 5.99. The van der Waals surface area contributed by atoms with Crippen molar-refractivity contribution < 1.29 is 37.9 Å². The minimum Gasteiger partial charge on any atom is -0.382 e. The Balaban J connectivity index is 2.08. The van der Waals surface area contributed by atoms with Crippen molar-refractivity contribution in [3.63, 3.8) is 0 Å². The second kappa shape index (κ2) is 12.0. The summed E-state index contributed by atoms with van der Waals surface area (Å²) in [6, 6.07) is -1.59. The normalized spacial score (nSPS) is 19.7. The zero-order chi connectivity index (χ0) is 25.5. The van der Waals surface area contributed by atoms with Gasteiger partial charge in [0, 0.05) is 20.3 Å². The number of ether oxygens (including phenoxy) is 3. The largest absolute Gasteiger partial charge is 0.382 e. The first-order valence-corrected chi connectivity index (χ1v) is 11.0. The number of aryl methyl sites for hydroxylation is 1. The van der Waals surface area contributed by atoms with Crippen molar-refractivity contribution in [2.24, 2.45) is 5.92 Å². The molecular weight excluding hydrogens is 448 g/mol. The van der Waals surface area contributed by atoms with Gasteiger partial charge in [0.25, 0.3) is 5.91 Å². The third-order valence-electron chi connectivity index (χ3n) is 5.21. The van der Waals surface area contributed by atoms with E-state index >= 15 is 0 Å². The lowest BCUT2D eigenvalue weighted by Crippen LogP contribution is -2.58. The molecule has 3 N–H and O–H groups in total. The molecule has 0 aromatic carbocycles. The van der Waals surface area contributed by atoms with Crippen molar-refractivity contribution in [3.05, 3.63) is 17.5 Å². The number of aromatic nitrogens is 1. The Hall–Kier alpha value is -2.83. The number of epoxide rings is 1. The molecule has 0 unspecified atom stereocenters. The summed E-state index contributed by atoms with van der Waals surface area (Å²) in [6.45, 7) is 7.20. The third kappa shape index (κ3) is 7.61. The summed E-state index contributed by atoms with van der Waals surface area (Å²) in [4.78, 5) is 51.1. The Morgan fingerprint density at radius 2 is 1.56 bits per heavy atom. The minimum atomic E-state index is -1.12. The first-order chi connectivity index (χ1) is 16.0. The van der Waals surface area contributed by atoms with Gasteiger partial charge in [-0.15, -0.1) is 0 Å². The molecule has 12 nitrogen and oxygen atoms in total. The average molecular weight is 483 g/mol. The molecule has 12 heteroatoms. The third-order valence-corrected chi connectivity index (χ3v) is 5.21. The SMILES string of the molecule is COC[C@H](NC(=O)c1cc(C)no1)C(=O)N[C@@H](COC)C(=O)N[C@@H](CC(C)C)C(=O)[C@]1(C)CO1. The van der Waals surface area contributed by atoms with Crippen LogP contribution in [0.25, 0.3) is 0 Å². The predicted molar refractivity (Wildman–Crippen MR) is 119 cm³/mol. The van der Waals surface area contributed by atoms with Gasteiger partial charge in [0.15, 0.2) is 5.78 Å². The molecule has 1 aliphatic rings. The highest BCUT2D eigenvalue weighted by atomic mass is 16.6. The molecule has 2 rings (SSSR count). The number of carbonyl (C=O) groups is 4. The number of carbonyl (C=O) groups excluding carboxylic acids is 4. The van der Waals surface area contributed by atoms with Crippen LogP contribution >= 0.6 is 0 Å². The van der Waals surface area contributed by atoms with Crippen LogP contribution in [-0.4, -0.2) is 86.4 Å². The van der Waals surface area contributed by atoms with Gasteiger partial charge in [0.1, 0.15) is 17.7 Å². The molecule has 1 fully saturated rings. The summed E-state index contributed by atoms with van der Waals surface area (Å²) in [5.41, 5.74) is -0.398. The van der Waals surface area contributed by atoms with Gasteiger partial charge in [0.2, 0.25) is 17.6 Å². The van der Waals surface area contributed by atoms with E-state index in [9.17, 15) is 19.2 Å². The van der Waals surface area contributed by atoms with Gasteiger partial charge in [-0.2, -0.15) is 0 Å². The molecule has 0 aliphatic carbocycles. The monoisotopic (exact) mass is 482 g/mol. The summed E-state index contributed by atoms with van der Waals surface area (Å²) in [5, 5.41) is 11.4. The van der Waals surface area contributed by atoms with E-state index in [0.717, 1.165) is 0 Å². The Morgan fingerprint density at radius 3 is 2.00 bits per heavy atom. The second-order valence-corrected chi connectivity index (χ2v) is 8.90. The topological polar surface area (TPSA) is 161 Å². The number of amides is 3. The number of Topliss-reactive ketones (excluding diaryl/α,β-unsaturated/α-hetero) is 1. The first-order valence-electron chi connectivity index (χ1n) is 11.0. The fourth-order valence-corrected chi connectivity index (χ4v) is 3.27. The number of ketones is 1. The maximum Gasteiger partial charge on any atom is 0.290 e. The van der Waals surface area contributed by atoms with Crippen molar-refractivity contribution in [2.45, 2.75) is 57.8 Å². The van der Waals surface area contributed by atoms with E-state index in [2.05, 4.69) is 21.1 Å². The molecule has 0 spiro atoms. The minimum absolute atomic E-state index is 0.0663. The lowest BCUT2D eigenvalue weighted by molar-refractivity contribution is -0.134. The van der Waals surface area contributed by atoms with Crippen molar-refractivity contribution in [1.82, 2.24) is 21.1 Å². The Kier molecular flexibility index (Phi) is 9.71. The summed E-state index contributed by atoms with van der Waals surface area (Å²) in [6.07, 6.45) is 0.413. The average Bonchev–Trinajstić information content (AvgIpc) is 3.37. The molecule has 4 atom stereocenters. The summed E-state index contributed by atoms with van der Waals surface area (Å²) in [5.74, 6) is -2.08. The Labute approximate surface area is 198 Å². The standard InChI is InChI=1S/C22H34N4O8/c1-12(2)7-14(18(27)22(4)11-33-22)23-19(28)15(9-31-5)24-20(29)16(10-32-6)25-21(30)17-8-13(3)26-34-17/h8,12,14-16H,7,9-11H2,1-6H3,(H,23,28)(H,24,29)(H,25,30)/t14-,15-,16-,22-/m0/s1. The molecule has 1 saturated heterocycles. The van der Waals surface area contributed by atoms with E-state index in [4.69, 9.17) is 18.7 Å². The number of hydrogen-bond acceptors (Lipinski definition) is 9. The van der Waals surface area contributed by atoms with Crippen LogP contribution in [0.5, 0.6) is 0 Å². The van der Waals surface area contributed by atoms with Crippen molar-refractivity contribution in [3.8, 4) is 0 Å². The number of nitrogens with zero attached hydrogens (tertiary/aromatic N) is 1. The fourth-order valence-electron chi connectivity index (χ4n) is 3.27. The maximum absolute atomic E-state index is 13.0. The lowest BCUT2D eigenvalue weighted by Gasteiger charge is -2.26. The van der Waals surface area contributed by atoms with Crippen LogP contribution in [-0.2, 0) is 28.6 Å². The van der Waals surface area contributed by atoms with Gasteiger partial charge in [-0.05, 0) is 26.2 Å². The van der Waals surface area contributed by atoms with E-state index in [-0.39, 0.29) is 30.7 Å². The zero-order valence-electron chi connectivity index (χ0n) is 20.4. The quantitative estimate of drug-likeness (QED) is 0.304. The summed E-state index contributed by atoms with van der Waals surface area (Å²) >= 11 is 0. The molecule has 0 saturated carbocycles. The summed E-state index contributed by atoms with van der Waals surface area (Å²) < 4.78 is 20.3. The molecule has 190 valence electrons. The Morgan fingerprint density at radius 1 is 1.03 bits per heavy atom. The van der Waals surface area contributed by atoms with Crippen LogP contribution in [0.15, 0.2) is 10.6 Å². The smallest absolute Gasteiger partial charge is 0.290 e. The van der Waals surface area contributed by atoms with Gasteiger partial charge in [-0.25, -0.2) is 0 Å². The number of rotatable bonds is 14. The fraction of sp³-hybridized carbons (Fsp3) is 0.682. The molecule has 2 heterocycles. The number of hydrogen-bond donors (Lipinski definition) is 3. The van der Waals surface area contributed by atoms with Crippen LogP contribution < -0.4 is 16.0 Å². The molecule has 1 aromatic heterocycles. The van der Waals surface area contributed by atoms with Crippen LogP contribution in [0.3, 0.4) is 0 Å². The van der Waals surface area contributed by atoms with Gasteiger partial charge in [-0.3, -0.25) is 19.2 Å². The number of nitrogens with one attached hydrogen (secondary N) is 3. The Bertz CT molecular complexity index is 880. The van der Waals surface area contributed by atoms with Crippen molar-refractivity contribution >= 4 is 23.5 Å². The molecular formula is C22H34N4O8. The van der Waals surface area contributed by atoms with E-state index in [1.165, 1.54) is 20.3 Å². The van der Waals surface area contributed by atoms with Crippen molar-refractivity contribution in [1.29, 1.82) is 0 Å². The highest BCUT2D eigenvalue weighted by Gasteiger charge is 2.50.